The van der Waals surface area contributed by atoms with E-state index in [9.17, 15) is 5.11 Å². The summed E-state index contributed by atoms with van der Waals surface area (Å²) in [7, 11) is 0. The van der Waals surface area contributed by atoms with Crippen molar-refractivity contribution >= 4 is 11.6 Å². The number of rotatable bonds is 6. The number of aryl methyl sites for hydroxylation is 1. The summed E-state index contributed by atoms with van der Waals surface area (Å²) in [6.07, 6.45) is -0.785. The van der Waals surface area contributed by atoms with Crippen molar-refractivity contribution in [1.29, 1.82) is 0 Å². The van der Waals surface area contributed by atoms with E-state index in [1.807, 2.05) is 20.8 Å². The van der Waals surface area contributed by atoms with Crippen molar-refractivity contribution in [3.8, 4) is 0 Å². The Labute approximate surface area is 101 Å². The molecule has 0 aliphatic rings. The molecule has 17 heavy (non-hydrogen) atoms. The van der Waals surface area contributed by atoms with Crippen LogP contribution < -0.4 is 10.6 Å². The van der Waals surface area contributed by atoms with Crippen LogP contribution in [0.2, 0.25) is 0 Å². The molecule has 0 fully saturated rings. The van der Waals surface area contributed by atoms with Gasteiger partial charge >= 0.3 is 0 Å². The molecule has 0 amide bonds. The Bertz CT molecular complexity index is 371. The monoisotopic (exact) mass is 240 g/mol. The van der Waals surface area contributed by atoms with E-state index in [0.717, 1.165) is 17.9 Å². The van der Waals surface area contributed by atoms with Gasteiger partial charge in [0, 0.05) is 18.7 Å². The fraction of sp³-hybridized carbons (Fsp3) is 0.636. The molecule has 0 aliphatic carbocycles. The first kappa shape index (κ1) is 13.7. The van der Waals surface area contributed by atoms with E-state index in [0.29, 0.717) is 11.6 Å². The Morgan fingerprint density at radius 2 is 1.76 bits per heavy atom. The number of nitrogens with one attached hydrogen (secondary N) is 2. The summed E-state index contributed by atoms with van der Waals surface area (Å²) >= 11 is 0. The molecule has 1 rings (SSSR count). The predicted molar refractivity (Wildman–Crippen MR) is 67.3 cm³/mol. The highest BCUT2D eigenvalue weighted by Gasteiger charge is 2.09. The fourth-order valence-electron chi connectivity index (χ4n) is 1.42. The molecular formula is C11H20N4O2. The minimum absolute atomic E-state index is 0.263. The summed E-state index contributed by atoms with van der Waals surface area (Å²) < 4.78 is 0. The Kier molecular flexibility index (Phi) is 5.11. The second-order valence-corrected chi connectivity index (χ2v) is 3.84. The summed E-state index contributed by atoms with van der Waals surface area (Å²) in [5.74, 6) is 2.13. The lowest BCUT2D eigenvalue weighted by Crippen LogP contribution is -2.24. The van der Waals surface area contributed by atoms with Crippen LogP contribution in [0.25, 0.3) is 0 Å². The molecule has 1 aromatic rings. The van der Waals surface area contributed by atoms with Crippen molar-refractivity contribution in [2.24, 2.45) is 0 Å². The topological polar surface area (TPSA) is 90.3 Å². The van der Waals surface area contributed by atoms with Gasteiger partial charge in [-0.15, -0.1) is 0 Å². The van der Waals surface area contributed by atoms with Crippen LogP contribution in [0.3, 0.4) is 0 Å². The van der Waals surface area contributed by atoms with Gasteiger partial charge < -0.3 is 20.8 Å². The second-order valence-electron chi connectivity index (χ2n) is 3.84. The molecule has 1 heterocycles. The maximum Gasteiger partial charge on any atom is 0.134 e. The van der Waals surface area contributed by atoms with Crippen LogP contribution >= 0.6 is 0 Å². The number of anilines is 2. The third-order valence-corrected chi connectivity index (χ3v) is 2.32. The van der Waals surface area contributed by atoms with Gasteiger partial charge in [-0.25, -0.2) is 9.97 Å². The number of hydrogen-bond acceptors (Lipinski definition) is 6. The van der Waals surface area contributed by atoms with Gasteiger partial charge in [-0.1, -0.05) is 0 Å². The van der Waals surface area contributed by atoms with Crippen LogP contribution in [-0.4, -0.2) is 46.0 Å². The Morgan fingerprint density at radius 1 is 1.18 bits per heavy atom. The lowest BCUT2D eigenvalue weighted by atomic mass is 10.3. The standard InChI is InChI=1S/C11H20N4O2/c1-4-12-10-7(2)11(15-8(3)14-10)13-5-9(17)6-16/h9,16-17H,4-6H2,1-3H3,(H2,12,13,14,15). The zero-order valence-corrected chi connectivity index (χ0v) is 10.5. The van der Waals surface area contributed by atoms with Crippen LogP contribution in [0.1, 0.15) is 18.3 Å². The average molecular weight is 240 g/mol. The van der Waals surface area contributed by atoms with Gasteiger partial charge in [0.05, 0.1) is 12.7 Å². The molecule has 4 N–H and O–H groups in total. The number of aromatic nitrogens is 2. The first-order chi connectivity index (χ1) is 8.08. The van der Waals surface area contributed by atoms with Crippen molar-refractivity contribution in [2.75, 3.05) is 30.3 Å². The van der Waals surface area contributed by atoms with Gasteiger partial charge in [0.1, 0.15) is 17.5 Å². The normalized spacial score (nSPS) is 12.3. The van der Waals surface area contributed by atoms with E-state index in [1.54, 1.807) is 0 Å². The first-order valence-electron chi connectivity index (χ1n) is 5.70. The molecule has 1 atom stereocenters. The van der Waals surface area contributed by atoms with Crippen molar-refractivity contribution in [3.05, 3.63) is 11.4 Å². The van der Waals surface area contributed by atoms with Crippen LogP contribution in [-0.2, 0) is 0 Å². The van der Waals surface area contributed by atoms with Crippen LogP contribution in [0.4, 0.5) is 11.6 Å². The number of nitrogens with zero attached hydrogens (tertiary/aromatic N) is 2. The van der Waals surface area contributed by atoms with Crippen LogP contribution in [0, 0.1) is 13.8 Å². The molecule has 6 heteroatoms. The van der Waals surface area contributed by atoms with Gasteiger partial charge in [-0.05, 0) is 20.8 Å². The summed E-state index contributed by atoms with van der Waals surface area (Å²) in [5.41, 5.74) is 0.905. The minimum Gasteiger partial charge on any atom is -0.394 e. The van der Waals surface area contributed by atoms with Crippen molar-refractivity contribution in [2.45, 2.75) is 26.9 Å². The van der Waals surface area contributed by atoms with Gasteiger partial charge in [0.2, 0.25) is 0 Å². The lowest BCUT2D eigenvalue weighted by Gasteiger charge is -2.15. The molecule has 1 aromatic heterocycles. The second kappa shape index (κ2) is 6.36. The largest absolute Gasteiger partial charge is 0.394 e. The highest BCUT2D eigenvalue weighted by molar-refractivity contribution is 5.57. The molecular weight excluding hydrogens is 220 g/mol. The van der Waals surface area contributed by atoms with E-state index in [2.05, 4.69) is 20.6 Å². The van der Waals surface area contributed by atoms with Crippen LogP contribution in [0.5, 0.6) is 0 Å². The third-order valence-electron chi connectivity index (χ3n) is 2.32. The SMILES string of the molecule is CCNc1nc(C)nc(NCC(O)CO)c1C. The van der Waals surface area contributed by atoms with Crippen molar-refractivity contribution in [3.63, 3.8) is 0 Å². The summed E-state index contributed by atoms with van der Waals surface area (Å²) in [6, 6.07) is 0. The molecule has 0 aromatic carbocycles. The third kappa shape index (κ3) is 3.83. The van der Waals surface area contributed by atoms with E-state index in [4.69, 9.17) is 5.11 Å². The smallest absolute Gasteiger partial charge is 0.134 e. The van der Waals surface area contributed by atoms with Crippen molar-refractivity contribution in [1.82, 2.24) is 9.97 Å². The average Bonchev–Trinajstić information content (AvgIpc) is 2.31. The molecule has 6 nitrogen and oxygen atoms in total. The Morgan fingerprint density at radius 3 is 2.29 bits per heavy atom. The highest BCUT2D eigenvalue weighted by atomic mass is 16.3. The maximum atomic E-state index is 9.28. The molecule has 0 saturated heterocycles. The molecule has 0 radical (unpaired) electrons. The zero-order valence-electron chi connectivity index (χ0n) is 10.5. The zero-order chi connectivity index (χ0) is 12.8. The predicted octanol–water partition coefficient (Wildman–Crippen LogP) is 0.290. The van der Waals surface area contributed by atoms with Gasteiger partial charge in [-0.3, -0.25) is 0 Å². The van der Waals surface area contributed by atoms with E-state index >= 15 is 0 Å². The Hall–Kier alpha value is -1.40. The number of aliphatic hydroxyl groups excluding tert-OH is 2. The molecule has 96 valence electrons. The van der Waals surface area contributed by atoms with Gasteiger partial charge in [0.25, 0.3) is 0 Å². The van der Waals surface area contributed by atoms with E-state index < -0.39 is 6.10 Å². The van der Waals surface area contributed by atoms with Gasteiger partial charge in [-0.2, -0.15) is 0 Å². The minimum atomic E-state index is -0.785. The quantitative estimate of drug-likeness (QED) is 0.571. The van der Waals surface area contributed by atoms with Crippen LogP contribution in [0.15, 0.2) is 0 Å². The molecule has 0 aliphatic heterocycles. The first-order valence-corrected chi connectivity index (χ1v) is 5.70. The van der Waals surface area contributed by atoms with Gasteiger partial charge in [0.15, 0.2) is 0 Å². The summed E-state index contributed by atoms with van der Waals surface area (Å²) in [5, 5.41) is 24.2. The molecule has 1 unspecified atom stereocenters. The summed E-state index contributed by atoms with van der Waals surface area (Å²) in [6.45, 7) is 6.50. The van der Waals surface area contributed by atoms with E-state index in [-0.39, 0.29) is 13.2 Å². The Balaban J connectivity index is 2.83. The maximum absolute atomic E-state index is 9.28. The van der Waals surface area contributed by atoms with E-state index in [1.165, 1.54) is 0 Å². The molecule has 0 spiro atoms. The molecule has 0 saturated carbocycles. The number of aliphatic hydroxyl groups is 2. The molecule has 0 bridgehead atoms. The fourth-order valence-corrected chi connectivity index (χ4v) is 1.42. The summed E-state index contributed by atoms with van der Waals surface area (Å²) in [4.78, 5) is 8.56. The lowest BCUT2D eigenvalue weighted by molar-refractivity contribution is 0.105. The van der Waals surface area contributed by atoms with Crippen molar-refractivity contribution < 1.29 is 10.2 Å². The highest BCUT2D eigenvalue weighted by Crippen LogP contribution is 2.19. The number of hydrogen-bond donors (Lipinski definition) is 4.